The van der Waals surface area contributed by atoms with E-state index in [2.05, 4.69) is 37.1 Å². The molecule has 3 saturated heterocycles. The van der Waals surface area contributed by atoms with E-state index < -0.39 is 23.8 Å². The molecule has 1 unspecified atom stereocenters. The minimum absolute atomic E-state index is 0.104. The maximum absolute atomic E-state index is 13.3. The van der Waals surface area contributed by atoms with E-state index >= 15 is 0 Å². The summed E-state index contributed by atoms with van der Waals surface area (Å²) in [5.74, 6) is 1.18. The number of nitrogens with two attached hydrogens (primary N) is 1. The van der Waals surface area contributed by atoms with Crippen molar-refractivity contribution in [3.63, 3.8) is 0 Å². The average Bonchev–Trinajstić information content (AvgIpc) is 3.75. The summed E-state index contributed by atoms with van der Waals surface area (Å²) in [6.45, 7) is 7.12. The van der Waals surface area contributed by atoms with Crippen LogP contribution in [0.25, 0.3) is 21.3 Å². The van der Waals surface area contributed by atoms with Crippen molar-refractivity contribution in [2.45, 2.75) is 56.5 Å². The van der Waals surface area contributed by atoms with Crippen LogP contribution < -0.4 is 20.7 Å². The molecule has 0 spiro atoms. The van der Waals surface area contributed by atoms with E-state index in [9.17, 15) is 19.2 Å². The number of carbonyl (C=O) groups is 4. The summed E-state index contributed by atoms with van der Waals surface area (Å²) in [6, 6.07) is 23.0. The predicted octanol–water partition coefficient (Wildman–Crippen LogP) is 5.91. The summed E-state index contributed by atoms with van der Waals surface area (Å²) in [6.07, 6.45) is 6.45. The van der Waals surface area contributed by atoms with Crippen LogP contribution in [0.5, 0.6) is 11.5 Å². The quantitative estimate of drug-likeness (QED) is 0.171. The molecule has 0 bridgehead atoms. The van der Waals surface area contributed by atoms with Crippen LogP contribution >= 0.6 is 11.3 Å². The van der Waals surface area contributed by atoms with Gasteiger partial charge in [0.1, 0.15) is 29.7 Å². The summed E-state index contributed by atoms with van der Waals surface area (Å²) in [5.41, 5.74) is 10.1. The van der Waals surface area contributed by atoms with Gasteiger partial charge in [0.05, 0.1) is 22.0 Å². The Balaban J connectivity index is 0.710. The van der Waals surface area contributed by atoms with Crippen LogP contribution in [-0.2, 0) is 9.59 Å². The topological polar surface area (TPSA) is 154 Å². The fourth-order valence-corrected chi connectivity index (χ4v) is 11.2. The molecule has 4 amide bonds. The summed E-state index contributed by atoms with van der Waals surface area (Å²) < 4.78 is 6.04. The Labute approximate surface area is 346 Å². The van der Waals surface area contributed by atoms with Gasteiger partial charge in [0.2, 0.25) is 11.8 Å². The third kappa shape index (κ3) is 7.12. The number of nitrogen functional groups attached to an aromatic ring is 1. The Morgan fingerprint density at radius 1 is 0.797 bits per heavy atom. The molecule has 5 aliphatic rings. The summed E-state index contributed by atoms with van der Waals surface area (Å²) in [5, 5.41) is 3.21. The van der Waals surface area contributed by atoms with E-state index in [0.717, 1.165) is 102 Å². The van der Waals surface area contributed by atoms with Gasteiger partial charge in [-0.3, -0.25) is 34.3 Å². The Morgan fingerprint density at radius 3 is 2.27 bits per heavy atom. The van der Waals surface area contributed by atoms with Crippen LogP contribution in [0.15, 0.2) is 79.1 Å². The number of rotatable bonds is 9. The molecule has 3 aromatic carbocycles. The van der Waals surface area contributed by atoms with Crippen LogP contribution in [0, 0.1) is 5.92 Å². The number of benzene rings is 3. The van der Waals surface area contributed by atoms with Crippen molar-refractivity contribution < 1.29 is 23.9 Å². The first kappa shape index (κ1) is 37.6. The standard InChI is InChI=1S/C45H46N8O5S/c46-42-38-39(47-26-48-42)41(59-40(38)28-8-13-33(14-9-28)58-32-4-2-1-3-5-32)29-6-10-30(11-7-29)51-20-18-50(19-21-51)23-27-24-52(25-27)31-12-15-34-35(22-31)45(57)53(44(34)56)36-16-17-37(54)49-43(36)55/h1-5,8-9,12-15,22,26-27,29-30,36H,6-7,10-11,16-21,23-25H2,(H2,46,47,48)(H,49,54,55). The van der Waals surface area contributed by atoms with E-state index in [1.54, 1.807) is 18.5 Å². The lowest BCUT2D eigenvalue weighted by molar-refractivity contribution is -0.136. The third-order valence-electron chi connectivity index (χ3n) is 12.9. The van der Waals surface area contributed by atoms with Gasteiger partial charge in [-0.25, -0.2) is 9.97 Å². The van der Waals surface area contributed by atoms with Gasteiger partial charge in [-0.1, -0.05) is 18.2 Å². The number of aromatic nitrogens is 2. The van der Waals surface area contributed by atoms with Crippen molar-refractivity contribution in [3.05, 3.63) is 95.1 Å². The monoisotopic (exact) mass is 810 g/mol. The van der Waals surface area contributed by atoms with E-state index in [-0.39, 0.29) is 18.7 Å². The number of para-hydroxylation sites is 1. The van der Waals surface area contributed by atoms with E-state index in [1.807, 2.05) is 59.9 Å². The molecule has 6 heterocycles. The molecular weight excluding hydrogens is 765 g/mol. The van der Waals surface area contributed by atoms with Gasteiger partial charge in [-0.15, -0.1) is 11.3 Å². The maximum Gasteiger partial charge on any atom is 0.262 e. The number of piperidine rings is 1. The molecule has 2 aromatic heterocycles. The maximum atomic E-state index is 13.3. The highest BCUT2D eigenvalue weighted by Gasteiger charge is 2.45. The molecule has 3 N–H and O–H groups in total. The normalized spacial score (nSPS) is 23.1. The predicted molar refractivity (Wildman–Crippen MR) is 226 cm³/mol. The number of amides is 4. The second-order valence-electron chi connectivity index (χ2n) is 16.5. The second kappa shape index (κ2) is 15.5. The molecule has 1 atom stereocenters. The smallest absolute Gasteiger partial charge is 0.262 e. The van der Waals surface area contributed by atoms with Crippen LogP contribution in [0.4, 0.5) is 11.5 Å². The molecular formula is C45H46N8O5S. The number of nitrogens with one attached hydrogen (secondary N) is 1. The zero-order chi connectivity index (χ0) is 40.2. The number of ether oxygens (including phenoxy) is 1. The second-order valence-corrected chi connectivity index (χ2v) is 17.6. The van der Waals surface area contributed by atoms with Crippen LogP contribution in [0.3, 0.4) is 0 Å². The van der Waals surface area contributed by atoms with Crippen molar-refractivity contribution in [2.24, 2.45) is 5.92 Å². The van der Waals surface area contributed by atoms with Gasteiger partial charge in [0, 0.05) is 79.6 Å². The first-order chi connectivity index (χ1) is 28.8. The molecule has 4 fully saturated rings. The highest BCUT2D eigenvalue weighted by molar-refractivity contribution is 7.17. The van der Waals surface area contributed by atoms with Gasteiger partial charge >= 0.3 is 0 Å². The van der Waals surface area contributed by atoms with E-state index in [0.29, 0.717) is 34.8 Å². The van der Waals surface area contributed by atoms with Gasteiger partial charge < -0.3 is 20.3 Å². The largest absolute Gasteiger partial charge is 0.457 e. The molecule has 13 nitrogen and oxygen atoms in total. The summed E-state index contributed by atoms with van der Waals surface area (Å²) >= 11 is 1.82. The van der Waals surface area contributed by atoms with Gasteiger partial charge in [0.25, 0.3) is 11.8 Å². The zero-order valence-corrected chi connectivity index (χ0v) is 33.5. The lowest BCUT2D eigenvalue weighted by Gasteiger charge is -2.46. The molecule has 1 aliphatic carbocycles. The molecule has 59 heavy (non-hydrogen) atoms. The SMILES string of the molecule is Nc1ncnc2c(C3CCC(N4CCN(CC5CN(c6ccc7c(c6)C(=O)N(C6CCC(=O)NC6=O)C7=O)C5)CC4)CC3)sc(-c3ccc(Oc4ccccc4)cc3)c12. The lowest BCUT2D eigenvalue weighted by Crippen LogP contribution is -2.56. The first-order valence-corrected chi connectivity index (χ1v) is 21.5. The number of carbonyl (C=O) groups excluding carboxylic acids is 4. The molecule has 0 radical (unpaired) electrons. The number of fused-ring (bicyclic) bond motifs is 2. The number of thiophene rings is 1. The molecule has 14 heteroatoms. The number of nitrogens with zero attached hydrogens (tertiary/aromatic N) is 6. The van der Waals surface area contributed by atoms with Gasteiger partial charge in [-0.2, -0.15) is 0 Å². The molecule has 1 saturated carbocycles. The van der Waals surface area contributed by atoms with E-state index in [1.165, 1.54) is 17.7 Å². The number of anilines is 2. The lowest BCUT2D eigenvalue weighted by atomic mass is 9.83. The summed E-state index contributed by atoms with van der Waals surface area (Å²) in [4.78, 5) is 70.7. The zero-order valence-electron chi connectivity index (χ0n) is 32.7. The van der Waals surface area contributed by atoms with Crippen molar-refractivity contribution in [3.8, 4) is 21.9 Å². The fraction of sp³-hybridized carbons (Fsp3) is 0.378. The van der Waals surface area contributed by atoms with E-state index in [4.69, 9.17) is 15.5 Å². The van der Waals surface area contributed by atoms with Crippen molar-refractivity contribution >= 4 is 57.4 Å². The van der Waals surface area contributed by atoms with Gasteiger partial charge in [0.15, 0.2) is 0 Å². The van der Waals surface area contributed by atoms with Crippen LogP contribution in [0.1, 0.15) is 70.0 Å². The average molecular weight is 811 g/mol. The van der Waals surface area contributed by atoms with Crippen molar-refractivity contribution in [1.82, 2.24) is 30.0 Å². The number of piperazine rings is 1. The van der Waals surface area contributed by atoms with Crippen molar-refractivity contribution in [2.75, 3.05) is 56.4 Å². The Morgan fingerprint density at radius 2 is 1.53 bits per heavy atom. The molecule has 4 aliphatic heterocycles. The molecule has 10 rings (SSSR count). The van der Waals surface area contributed by atoms with Crippen LogP contribution in [-0.4, -0.2) is 106 Å². The first-order valence-electron chi connectivity index (χ1n) is 20.7. The highest BCUT2D eigenvalue weighted by Crippen LogP contribution is 2.47. The fourth-order valence-electron chi connectivity index (χ4n) is 9.73. The Kier molecular flexibility index (Phi) is 9.85. The minimum atomic E-state index is -0.957. The van der Waals surface area contributed by atoms with Gasteiger partial charge in [-0.05, 0) is 98.2 Å². The Bertz CT molecular complexity index is 2440. The molecule has 5 aromatic rings. The minimum Gasteiger partial charge on any atom is -0.457 e. The third-order valence-corrected chi connectivity index (χ3v) is 14.3. The highest BCUT2D eigenvalue weighted by atomic mass is 32.1. The van der Waals surface area contributed by atoms with Crippen LogP contribution in [0.2, 0.25) is 0 Å². The Hall–Kier alpha value is -5.70. The number of hydrogen-bond acceptors (Lipinski definition) is 12. The van der Waals surface area contributed by atoms with Crippen molar-refractivity contribution in [1.29, 1.82) is 0 Å². The molecule has 302 valence electrons. The number of hydrogen-bond donors (Lipinski definition) is 2. The summed E-state index contributed by atoms with van der Waals surface area (Å²) in [7, 11) is 0. The number of imide groups is 2.